The molecule has 0 saturated heterocycles. The van der Waals surface area contributed by atoms with E-state index < -0.39 is 0 Å². The molecule has 0 bridgehead atoms. The lowest BCUT2D eigenvalue weighted by atomic mass is 9.87. The maximum absolute atomic E-state index is 5.70. The third kappa shape index (κ3) is 2.61. The van der Waals surface area contributed by atoms with E-state index in [0.717, 1.165) is 23.5 Å². The predicted octanol–water partition coefficient (Wildman–Crippen LogP) is 0.899. The Morgan fingerprint density at radius 3 is 2.31 bits per heavy atom. The molecule has 5 heteroatoms. The van der Waals surface area contributed by atoms with E-state index in [-0.39, 0.29) is 5.41 Å². The number of nitrogens with two attached hydrogens (primary N) is 2. The van der Waals surface area contributed by atoms with Gasteiger partial charge in [0.25, 0.3) is 0 Å². The Kier molecular flexibility index (Phi) is 3.70. The smallest absolute Gasteiger partial charge is 0.222 e. The molecule has 1 heterocycles. The Morgan fingerprint density at radius 2 is 1.88 bits per heavy atom. The minimum Gasteiger partial charge on any atom is -0.373 e. The Morgan fingerprint density at radius 1 is 1.25 bits per heavy atom. The van der Waals surface area contributed by atoms with Crippen molar-refractivity contribution in [2.24, 2.45) is 5.73 Å². The maximum atomic E-state index is 5.70. The average molecular weight is 223 g/mol. The molecule has 5 nitrogen and oxygen atoms in total. The minimum absolute atomic E-state index is 0.0623. The number of rotatable bonds is 3. The molecule has 0 atom stereocenters. The van der Waals surface area contributed by atoms with Gasteiger partial charge in [-0.05, 0) is 13.0 Å². The van der Waals surface area contributed by atoms with Gasteiger partial charge in [0.15, 0.2) is 0 Å². The molecule has 1 aromatic rings. The second-order valence-corrected chi connectivity index (χ2v) is 4.80. The highest BCUT2D eigenvalue weighted by atomic mass is 15.1. The van der Waals surface area contributed by atoms with Crippen molar-refractivity contribution in [2.75, 3.05) is 24.6 Å². The van der Waals surface area contributed by atoms with Gasteiger partial charge >= 0.3 is 0 Å². The Bertz CT molecular complexity index is 367. The Hall–Kier alpha value is -1.36. The predicted molar refractivity (Wildman–Crippen MR) is 67.4 cm³/mol. The Balaban J connectivity index is 3.38. The molecular weight excluding hydrogens is 202 g/mol. The average Bonchev–Trinajstić information content (AvgIpc) is 2.18. The normalized spacial score (nSPS) is 11.6. The SMILES string of the molecule is CNc1nc(N)nc(C(C)(C)C)c1CCN. The molecule has 0 radical (unpaired) electrons. The zero-order valence-corrected chi connectivity index (χ0v) is 10.5. The van der Waals surface area contributed by atoms with Crippen molar-refractivity contribution in [2.45, 2.75) is 32.6 Å². The van der Waals surface area contributed by atoms with Gasteiger partial charge < -0.3 is 16.8 Å². The second kappa shape index (κ2) is 4.65. The van der Waals surface area contributed by atoms with Gasteiger partial charge in [-0.2, -0.15) is 4.98 Å². The molecule has 0 amide bonds. The van der Waals surface area contributed by atoms with Crippen LogP contribution in [0.5, 0.6) is 0 Å². The molecule has 1 rings (SSSR count). The number of nitrogens with zero attached hydrogens (tertiary/aromatic N) is 2. The summed E-state index contributed by atoms with van der Waals surface area (Å²) in [4.78, 5) is 8.53. The van der Waals surface area contributed by atoms with E-state index in [9.17, 15) is 0 Å². The lowest BCUT2D eigenvalue weighted by Crippen LogP contribution is -2.21. The first-order chi connectivity index (χ1) is 7.40. The summed E-state index contributed by atoms with van der Waals surface area (Å²) in [5.74, 6) is 1.08. The van der Waals surface area contributed by atoms with Crippen molar-refractivity contribution in [3.8, 4) is 0 Å². The van der Waals surface area contributed by atoms with Crippen molar-refractivity contribution < 1.29 is 0 Å². The van der Waals surface area contributed by atoms with E-state index in [1.54, 1.807) is 0 Å². The van der Waals surface area contributed by atoms with Gasteiger partial charge in [0, 0.05) is 18.0 Å². The summed E-state index contributed by atoms with van der Waals surface area (Å²) < 4.78 is 0. The van der Waals surface area contributed by atoms with E-state index in [0.29, 0.717) is 12.5 Å². The molecule has 0 saturated carbocycles. The quantitative estimate of drug-likeness (QED) is 0.708. The fourth-order valence-electron chi connectivity index (χ4n) is 1.71. The number of anilines is 2. The van der Waals surface area contributed by atoms with E-state index in [1.165, 1.54) is 0 Å². The van der Waals surface area contributed by atoms with Crippen LogP contribution in [0.2, 0.25) is 0 Å². The summed E-state index contributed by atoms with van der Waals surface area (Å²) in [6, 6.07) is 0. The highest BCUT2D eigenvalue weighted by molar-refractivity contribution is 5.51. The van der Waals surface area contributed by atoms with Gasteiger partial charge in [-0.1, -0.05) is 20.8 Å². The summed E-state index contributed by atoms with van der Waals surface area (Å²) in [6.45, 7) is 6.89. The van der Waals surface area contributed by atoms with Crippen LogP contribution in [0, 0.1) is 0 Å². The monoisotopic (exact) mass is 223 g/mol. The third-order valence-electron chi connectivity index (χ3n) is 2.37. The second-order valence-electron chi connectivity index (χ2n) is 4.80. The van der Waals surface area contributed by atoms with Crippen LogP contribution in [0.15, 0.2) is 0 Å². The topological polar surface area (TPSA) is 89.8 Å². The summed E-state index contributed by atoms with van der Waals surface area (Å²) >= 11 is 0. The summed E-state index contributed by atoms with van der Waals surface area (Å²) in [5, 5.41) is 3.05. The van der Waals surface area contributed by atoms with Gasteiger partial charge in [-0.15, -0.1) is 0 Å². The van der Waals surface area contributed by atoms with Crippen LogP contribution in [0.1, 0.15) is 32.0 Å². The first-order valence-corrected chi connectivity index (χ1v) is 5.44. The number of hydrogen-bond acceptors (Lipinski definition) is 5. The standard InChI is InChI=1S/C11H21N5/c1-11(2,3)8-7(5-6-12)9(14-4)16-10(13)15-8/h5-6,12H2,1-4H3,(H3,13,14,15,16). The van der Waals surface area contributed by atoms with Gasteiger partial charge in [0.05, 0.1) is 5.69 Å². The largest absolute Gasteiger partial charge is 0.373 e. The molecule has 5 N–H and O–H groups in total. The molecule has 0 fully saturated rings. The van der Waals surface area contributed by atoms with Crippen molar-refractivity contribution in [3.63, 3.8) is 0 Å². The van der Waals surface area contributed by atoms with Gasteiger partial charge in [0.2, 0.25) is 5.95 Å². The molecule has 0 aliphatic heterocycles. The van der Waals surface area contributed by atoms with E-state index in [1.807, 2.05) is 7.05 Å². The third-order valence-corrected chi connectivity index (χ3v) is 2.37. The highest BCUT2D eigenvalue weighted by Gasteiger charge is 2.23. The molecular formula is C11H21N5. The van der Waals surface area contributed by atoms with Crippen molar-refractivity contribution >= 4 is 11.8 Å². The minimum atomic E-state index is -0.0623. The van der Waals surface area contributed by atoms with E-state index in [2.05, 4.69) is 36.1 Å². The van der Waals surface area contributed by atoms with Crippen molar-refractivity contribution in [1.82, 2.24) is 9.97 Å². The lowest BCUT2D eigenvalue weighted by Gasteiger charge is -2.23. The van der Waals surface area contributed by atoms with Crippen LogP contribution >= 0.6 is 0 Å². The fraction of sp³-hybridized carbons (Fsp3) is 0.636. The molecule has 0 spiro atoms. The van der Waals surface area contributed by atoms with Crippen molar-refractivity contribution in [3.05, 3.63) is 11.3 Å². The van der Waals surface area contributed by atoms with Crippen LogP contribution in [0.25, 0.3) is 0 Å². The molecule has 1 aromatic heterocycles. The molecule has 0 aromatic carbocycles. The fourth-order valence-corrected chi connectivity index (χ4v) is 1.71. The van der Waals surface area contributed by atoms with Crippen LogP contribution in [0.3, 0.4) is 0 Å². The number of hydrogen-bond donors (Lipinski definition) is 3. The summed E-state index contributed by atoms with van der Waals surface area (Å²) in [5.41, 5.74) is 13.3. The van der Waals surface area contributed by atoms with E-state index in [4.69, 9.17) is 11.5 Å². The zero-order valence-electron chi connectivity index (χ0n) is 10.5. The van der Waals surface area contributed by atoms with Crippen LogP contribution < -0.4 is 16.8 Å². The summed E-state index contributed by atoms with van der Waals surface area (Å²) in [7, 11) is 1.83. The van der Waals surface area contributed by atoms with E-state index >= 15 is 0 Å². The molecule has 16 heavy (non-hydrogen) atoms. The van der Waals surface area contributed by atoms with Crippen LogP contribution in [-0.2, 0) is 11.8 Å². The molecule has 0 aliphatic rings. The number of nitrogens with one attached hydrogen (secondary N) is 1. The molecule has 90 valence electrons. The zero-order chi connectivity index (χ0) is 12.3. The number of aromatic nitrogens is 2. The highest BCUT2D eigenvalue weighted by Crippen LogP contribution is 2.28. The summed E-state index contributed by atoms with van der Waals surface area (Å²) in [6.07, 6.45) is 0.753. The first kappa shape index (κ1) is 12.7. The van der Waals surface area contributed by atoms with Crippen molar-refractivity contribution in [1.29, 1.82) is 0 Å². The Labute approximate surface area is 96.7 Å². The maximum Gasteiger partial charge on any atom is 0.222 e. The molecule has 0 aliphatic carbocycles. The van der Waals surface area contributed by atoms with Crippen LogP contribution in [-0.4, -0.2) is 23.6 Å². The van der Waals surface area contributed by atoms with Gasteiger partial charge in [-0.25, -0.2) is 4.98 Å². The van der Waals surface area contributed by atoms with Crippen LogP contribution in [0.4, 0.5) is 11.8 Å². The van der Waals surface area contributed by atoms with Gasteiger partial charge in [-0.3, -0.25) is 0 Å². The first-order valence-electron chi connectivity index (χ1n) is 5.44. The molecule has 0 unspecified atom stereocenters. The van der Waals surface area contributed by atoms with Gasteiger partial charge in [0.1, 0.15) is 5.82 Å². The lowest BCUT2D eigenvalue weighted by molar-refractivity contribution is 0.559. The number of nitrogen functional groups attached to an aromatic ring is 1.